The molecule has 328 valence electrons. The molecule has 1 aromatic heterocycles. The molecule has 1 aliphatic carbocycles. The first kappa shape index (κ1) is 42.2. The highest BCUT2D eigenvalue weighted by Crippen LogP contribution is 2.40. The number of rotatable bonds is 10. The van der Waals surface area contributed by atoms with Gasteiger partial charge in [-0.15, -0.1) is 0 Å². The molecular formula is C45H50ClF4N9O3. The Balaban J connectivity index is 0.813. The van der Waals surface area contributed by atoms with Crippen LogP contribution in [0.2, 0.25) is 5.02 Å². The smallest absolute Gasteiger partial charge is 0.275 e. The summed E-state index contributed by atoms with van der Waals surface area (Å²) >= 11 is 6.10. The summed E-state index contributed by atoms with van der Waals surface area (Å²) < 4.78 is 63.4. The van der Waals surface area contributed by atoms with E-state index in [1.165, 1.54) is 18.2 Å². The lowest BCUT2D eigenvalue weighted by Crippen LogP contribution is -2.61. The first-order valence-electron chi connectivity index (χ1n) is 21.4. The summed E-state index contributed by atoms with van der Waals surface area (Å²) in [7, 11) is 0. The molecule has 3 unspecified atom stereocenters. The van der Waals surface area contributed by atoms with Gasteiger partial charge >= 0.3 is 0 Å². The zero-order valence-electron chi connectivity index (χ0n) is 34.1. The number of carbonyl (C=O) groups is 2. The quantitative estimate of drug-likeness (QED) is 0.0842. The van der Waals surface area contributed by atoms with Crippen LogP contribution < -0.4 is 26.2 Å². The van der Waals surface area contributed by atoms with E-state index in [-0.39, 0.29) is 36.0 Å². The van der Waals surface area contributed by atoms with Crippen molar-refractivity contribution in [1.29, 1.82) is 0 Å². The minimum atomic E-state index is -2.94. The van der Waals surface area contributed by atoms with Gasteiger partial charge in [0.25, 0.3) is 5.92 Å². The van der Waals surface area contributed by atoms with Crippen LogP contribution in [0.4, 0.5) is 40.4 Å². The SMILES string of the molecule is O=C1CCC(Nc2ccc(N3CCN(C4CCN(Cc5ccc(-c6cn(C7CCC(O)CC7)c7c6C=NC(Nc6cc(F)cc(Cl)c6)N7)cc5)CC4(F)F)CC3)c(F)c2)C(=O)N1. The number of likely N-dealkylation sites (tertiary alicyclic amines) is 1. The minimum absolute atomic E-state index is 0.162. The number of aliphatic imine (C=N–C) groups is 1. The van der Waals surface area contributed by atoms with Crippen molar-refractivity contribution < 1.29 is 32.3 Å². The van der Waals surface area contributed by atoms with Gasteiger partial charge in [0.15, 0.2) is 6.29 Å². The molecule has 9 rings (SSSR count). The van der Waals surface area contributed by atoms with Crippen molar-refractivity contribution in [2.45, 2.75) is 87.9 Å². The molecule has 5 heterocycles. The van der Waals surface area contributed by atoms with Gasteiger partial charge in [-0.1, -0.05) is 35.9 Å². The fourth-order valence-electron chi connectivity index (χ4n) is 9.65. The van der Waals surface area contributed by atoms with Gasteiger partial charge in [-0.25, -0.2) is 22.6 Å². The molecule has 4 fully saturated rings. The normalized spacial score (nSPS) is 25.5. The minimum Gasteiger partial charge on any atom is -0.393 e. The Morgan fingerprint density at radius 1 is 0.871 bits per heavy atom. The number of piperazine rings is 1. The Kier molecular flexibility index (Phi) is 11.9. The summed E-state index contributed by atoms with van der Waals surface area (Å²) in [5.41, 5.74) is 5.06. The van der Waals surface area contributed by atoms with Gasteiger partial charge < -0.3 is 30.5 Å². The number of fused-ring (bicyclic) bond motifs is 1. The zero-order chi connectivity index (χ0) is 43.1. The maximum Gasteiger partial charge on any atom is 0.275 e. The average molecular weight is 876 g/mol. The lowest BCUT2D eigenvalue weighted by atomic mass is 9.93. The van der Waals surface area contributed by atoms with Crippen molar-refractivity contribution in [3.8, 4) is 11.1 Å². The van der Waals surface area contributed by atoms with E-state index in [1.54, 1.807) is 18.2 Å². The van der Waals surface area contributed by atoms with Gasteiger partial charge in [0.1, 0.15) is 23.5 Å². The monoisotopic (exact) mass is 875 g/mol. The second-order valence-corrected chi connectivity index (χ2v) is 17.5. The van der Waals surface area contributed by atoms with Crippen molar-refractivity contribution in [2.75, 3.05) is 60.1 Å². The summed E-state index contributed by atoms with van der Waals surface area (Å²) in [6.07, 6.45) is 6.95. The van der Waals surface area contributed by atoms with Gasteiger partial charge in [-0.05, 0) is 86.1 Å². The van der Waals surface area contributed by atoms with Gasteiger partial charge in [-0.2, -0.15) is 0 Å². The first-order chi connectivity index (χ1) is 29.8. The van der Waals surface area contributed by atoms with E-state index in [0.717, 1.165) is 40.9 Å². The number of hydrogen-bond donors (Lipinski definition) is 5. The van der Waals surface area contributed by atoms with Crippen molar-refractivity contribution >= 4 is 52.5 Å². The number of anilines is 4. The van der Waals surface area contributed by atoms with Gasteiger partial charge in [-0.3, -0.25) is 24.7 Å². The number of amides is 2. The number of aliphatic hydroxyl groups is 1. The fraction of sp³-hybridized carbons (Fsp3) is 0.444. The molecule has 5 aliphatic rings. The number of halogens is 5. The third-order valence-corrected chi connectivity index (χ3v) is 13.1. The average Bonchev–Trinajstić information content (AvgIpc) is 3.61. The second-order valence-electron chi connectivity index (χ2n) is 17.1. The number of nitrogens with one attached hydrogen (secondary N) is 4. The van der Waals surface area contributed by atoms with Crippen LogP contribution in [0.1, 0.15) is 62.1 Å². The van der Waals surface area contributed by atoms with E-state index in [4.69, 9.17) is 11.6 Å². The Hall–Kier alpha value is -5.16. The van der Waals surface area contributed by atoms with Crippen molar-refractivity contribution in [3.63, 3.8) is 0 Å². The van der Waals surface area contributed by atoms with Crippen LogP contribution in [-0.4, -0.2) is 107 Å². The summed E-state index contributed by atoms with van der Waals surface area (Å²) in [6, 6.07) is 15.5. The second kappa shape index (κ2) is 17.5. The maximum absolute atomic E-state index is 15.9. The number of imide groups is 1. The Morgan fingerprint density at radius 2 is 1.65 bits per heavy atom. The number of benzene rings is 3. The topological polar surface area (TPSA) is 130 Å². The summed E-state index contributed by atoms with van der Waals surface area (Å²) in [4.78, 5) is 33.8. The fourth-order valence-corrected chi connectivity index (χ4v) is 9.87. The maximum atomic E-state index is 15.9. The molecule has 3 atom stereocenters. The highest BCUT2D eigenvalue weighted by Gasteiger charge is 2.48. The largest absolute Gasteiger partial charge is 0.393 e. The lowest BCUT2D eigenvalue weighted by Gasteiger charge is -2.46. The summed E-state index contributed by atoms with van der Waals surface area (Å²) in [6.45, 7) is 2.11. The van der Waals surface area contributed by atoms with E-state index in [1.807, 2.05) is 45.2 Å². The molecular weight excluding hydrogens is 826 g/mol. The van der Waals surface area contributed by atoms with E-state index in [0.29, 0.717) is 82.0 Å². The molecule has 0 bridgehead atoms. The Bertz CT molecular complexity index is 2310. The molecule has 4 aromatic rings. The van der Waals surface area contributed by atoms with E-state index in [9.17, 15) is 19.1 Å². The number of alkyl halides is 2. The molecule has 1 saturated carbocycles. The standard InChI is InChI=1S/C45H50ClF4N9O3/c46-29-19-30(47)21-32(20-29)53-44-51-23-35-36(25-59(42(35)55-44)33-6-8-34(60)9-7-33)28-3-1-27(2-4-28)24-56-14-13-40(45(49,50)26-56)58-17-15-57(16-18-58)39-11-5-31(22-37(39)48)52-38-10-12-41(61)54-43(38)62/h1-5,11,19-23,25,33-34,38,40,44,52-53,55,60H,6-10,12-18,24,26H2,(H,54,61,62). The summed E-state index contributed by atoms with van der Waals surface area (Å²) in [5.74, 6) is -3.75. The Morgan fingerprint density at radius 3 is 2.35 bits per heavy atom. The number of aliphatic hydroxyl groups excluding tert-OH is 1. The molecule has 0 radical (unpaired) electrons. The van der Waals surface area contributed by atoms with Crippen LogP contribution in [0.15, 0.2) is 71.9 Å². The number of nitrogens with zero attached hydrogens (tertiary/aromatic N) is 5. The highest BCUT2D eigenvalue weighted by molar-refractivity contribution is 6.30. The van der Waals surface area contributed by atoms with Crippen LogP contribution in [-0.2, 0) is 16.1 Å². The van der Waals surface area contributed by atoms with E-state index >= 15 is 13.2 Å². The molecule has 4 aliphatic heterocycles. The third kappa shape index (κ3) is 9.15. The predicted molar refractivity (Wildman–Crippen MR) is 232 cm³/mol. The molecule has 12 nitrogen and oxygen atoms in total. The number of carbonyl (C=O) groups excluding carboxylic acids is 2. The molecule has 0 spiro atoms. The van der Waals surface area contributed by atoms with Crippen LogP contribution in [0.25, 0.3) is 11.1 Å². The molecule has 2 amide bonds. The van der Waals surface area contributed by atoms with Gasteiger partial charge in [0, 0.05) is 91.7 Å². The highest BCUT2D eigenvalue weighted by atomic mass is 35.5. The molecule has 62 heavy (non-hydrogen) atoms. The lowest BCUT2D eigenvalue weighted by molar-refractivity contribution is -0.133. The van der Waals surface area contributed by atoms with Crippen molar-refractivity contribution in [1.82, 2.24) is 19.7 Å². The van der Waals surface area contributed by atoms with E-state index < -0.39 is 41.8 Å². The van der Waals surface area contributed by atoms with Crippen LogP contribution in [0, 0.1) is 11.6 Å². The van der Waals surface area contributed by atoms with Crippen LogP contribution in [0.5, 0.6) is 0 Å². The Labute approximate surface area is 362 Å². The van der Waals surface area contributed by atoms with Crippen LogP contribution in [0.3, 0.4) is 0 Å². The number of hydrogen-bond acceptors (Lipinski definition) is 10. The molecule has 5 N–H and O–H groups in total. The van der Waals surface area contributed by atoms with Gasteiger partial charge in [0.2, 0.25) is 11.8 Å². The van der Waals surface area contributed by atoms with Gasteiger partial charge in [0.05, 0.1) is 24.4 Å². The zero-order valence-corrected chi connectivity index (χ0v) is 34.9. The van der Waals surface area contributed by atoms with Crippen molar-refractivity contribution in [3.05, 3.63) is 94.6 Å². The number of piperidine rings is 2. The molecule has 17 heteroatoms. The molecule has 3 aromatic carbocycles. The van der Waals surface area contributed by atoms with E-state index in [2.05, 4.69) is 37.0 Å². The predicted octanol–water partition coefficient (Wildman–Crippen LogP) is 7.05. The number of aromatic nitrogens is 1. The third-order valence-electron chi connectivity index (χ3n) is 12.9. The van der Waals surface area contributed by atoms with Crippen LogP contribution >= 0.6 is 11.6 Å². The first-order valence-corrected chi connectivity index (χ1v) is 21.8. The van der Waals surface area contributed by atoms with Crippen molar-refractivity contribution in [2.24, 2.45) is 4.99 Å². The summed E-state index contributed by atoms with van der Waals surface area (Å²) in [5, 5.41) is 22.5. The molecule has 3 saturated heterocycles.